The normalized spacial score (nSPS) is 12.4. The predicted molar refractivity (Wildman–Crippen MR) is 109 cm³/mol. The van der Waals surface area contributed by atoms with E-state index in [9.17, 15) is 4.39 Å². The molecule has 3 rings (SSSR count). The van der Waals surface area contributed by atoms with Crippen LogP contribution in [0.3, 0.4) is 0 Å². The fourth-order valence-corrected chi connectivity index (χ4v) is 3.63. The smallest absolute Gasteiger partial charge is 0.175 e. The lowest BCUT2D eigenvalue weighted by Gasteiger charge is -2.05. The summed E-state index contributed by atoms with van der Waals surface area (Å²) in [7, 11) is 0. The maximum Gasteiger partial charge on any atom is 0.175 e. The fraction of sp³-hybridized carbons (Fsp3) is 0.190. The van der Waals surface area contributed by atoms with Crippen LogP contribution in [0.15, 0.2) is 59.9 Å². The Morgan fingerprint density at radius 3 is 2.63 bits per heavy atom. The molecule has 2 heterocycles. The summed E-state index contributed by atoms with van der Waals surface area (Å²) in [6, 6.07) is 10.5. The number of nitrogens with two attached hydrogens (primary N) is 1. The third kappa shape index (κ3) is 4.65. The molecular weight excluding hydrogens is 359 g/mol. The lowest BCUT2D eigenvalue weighted by molar-refractivity contribution is 0.611. The van der Waals surface area contributed by atoms with E-state index in [0.29, 0.717) is 22.8 Å². The Labute approximate surface area is 162 Å². The first-order valence-corrected chi connectivity index (χ1v) is 9.52. The van der Waals surface area contributed by atoms with Crippen LogP contribution < -0.4 is 5.73 Å². The van der Waals surface area contributed by atoms with Crippen molar-refractivity contribution >= 4 is 22.7 Å². The second-order valence-electron chi connectivity index (χ2n) is 6.00. The highest BCUT2D eigenvalue weighted by Gasteiger charge is 2.12. The summed E-state index contributed by atoms with van der Waals surface area (Å²) in [6.07, 6.45) is 6.01. The molecule has 4 nitrogen and oxygen atoms in total. The molecule has 0 fully saturated rings. The highest BCUT2D eigenvalue weighted by atomic mass is 32.1. The van der Waals surface area contributed by atoms with Crippen molar-refractivity contribution in [2.75, 3.05) is 0 Å². The zero-order valence-electron chi connectivity index (χ0n) is 15.3. The summed E-state index contributed by atoms with van der Waals surface area (Å²) in [5.74, 6) is 0.180. The Kier molecular flexibility index (Phi) is 6.08. The lowest BCUT2D eigenvalue weighted by Crippen LogP contribution is -2.07. The van der Waals surface area contributed by atoms with Crippen LogP contribution in [-0.2, 0) is 13.0 Å². The topological polar surface area (TPSA) is 64.2 Å². The van der Waals surface area contributed by atoms with Crippen molar-refractivity contribution in [3.05, 3.63) is 87.4 Å². The molecule has 0 aliphatic heterocycles. The Morgan fingerprint density at radius 2 is 1.96 bits per heavy atom. The largest absolute Gasteiger partial charge is 0.396 e. The molecule has 2 N–H and O–H groups in total. The first kappa shape index (κ1) is 18.9. The number of halogens is 1. The van der Waals surface area contributed by atoms with E-state index in [-0.39, 0.29) is 12.4 Å². The summed E-state index contributed by atoms with van der Waals surface area (Å²) in [5, 5.41) is 0. The molecule has 6 heteroatoms. The van der Waals surface area contributed by atoms with Gasteiger partial charge in [0.25, 0.3) is 0 Å². The van der Waals surface area contributed by atoms with Crippen molar-refractivity contribution in [2.45, 2.75) is 26.8 Å². The minimum Gasteiger partial charge on any atom is -0.396 e. The van der Waals surface area contributed by atoms with Crippen LogP contribution in [0.5, 0.6) is 0 Å². The summed E-state index contributed by atoms with van der Waals surface area (Å²) in [5.41, 5.74) is 8.88. The standard InChI is InChI=1S/C21H21FN4S/c1-3-16-11-17(14(2)27-16)20(12-19(23)21-24-9-6-10-25-21)26-13-15-7-4-5-8-18(15)22/h4-12H,3,13,23H2,1-2H3. The van der Waals surface area contributed by atoms with Crippen molar-refractivity contribution in [2.24, 2.45) is 10.7 Å². The monoisotopic (exact) mass is 380 g/mol. The number of allylic oxidation sites excluding steroid dienone is 1. The first-order valence-electron chi connectivity index (χ1n) is 8.70. The second-order valence-corrected chi connectivity index (χ2v) is 7.34. The number of aromatic nitrogens is 2. The van der Waals surface area contributed by atoms with E-state index >= 15 is 0 Å². The van der Waals surface area contributed by atoms with Gasteiger partial charge in [-0.15, -0.1) is 11.3 Å². The maximum atomic E-state index is 14.0. The van der Waals surface area contributed by atoms with Gasteiger partial charge in [0.1, 0.15) is 5.82 Å². The molecule has 27 heavy (non-hydrogen) atoms. The molecule has 0 aliphatic carbocycles. The molecule has 0 saturated heterocycles. The molecule has 0 amide bonds. The van der Waals surface area contributed by atoms with Crippen LogP contribution >= 0.6 is 11.3 Å². The van der Waals surface area contributed by atoms with Gasteiger partial charge in [0.2, 0.25) is 0 Å². The van der Waals surface area contributed by atoms with E-state index in [4.69, 9.17) is 5.73 Å². The van der Waals surface area contributed by atoms with Crippen LogP contribution in [0.25, 0.3) is 5.70 Å². The Bertz CT molecular complexity index is 977. The Morgan fingerprint density at radius 1 is 1.22 bits per heavy atom. The van der Waals surface area contributed by atoms with E-state index in [1.54, 1.807) is 54.1 Å². The van der Waals surface area contributed by atoms with E-state index in [0.717, 1.165) is 16.9 Å². The van der Waals surface area contributed by atoms with Crippen molar-refractivity contribution in [3.63, 3.8) is 0 Å². The average Bonchev–Trinajstić information content (AvgIpc) is 3.07. The van der Waals surface area contributed by atoms with E-state index in [2.05, 4.69) is 34.9 Å². The number of hydrogen-bond donors (Lipinski definition) is 1. The summed E-state index contributed by atoms with van der Waals surface area (Å²) in [4.78, 5) is 15.5. The zero-order chi connectivity index (χ0) is 19.2. The molecule has 3 aromatic rings. The number of aryl methyl sites for hydroxylation is 2. The molecule has 0 radical (unpaired) electrons. The third-order valence-electron chi connectivity index (χ3n) is 4.09. The van der Waals surface area contributed by atoms with Crippen LogP contribution in [0.4, 0.5) is 4.39 Å². The van der Waals surface area contributed by atoms with Gasteiger partial charge in [-0.05, 0) is 37.6 Å². The number of aliphatic imine (C=N–C) groups is 1. The minimum atomic E-state index is -0.264. The van der Waals surface area contributed by atoms with Crippen LogP contribution in [0.2, 0.25) is 0 Å². The molecular formula is C21H21FN4S. The number of hydrogen-bond acceptors (Lipinski definition) is 5. The molecule has 0 aliphatic rings. The molecule has 0 saturated carbocycles. The van der Waals surface area contributed by atoms with Crippen molar-refractivity contribution in [1.82, 2.24) is 9.97 Å². The maximum absolute atomic E-state index is 14.0. The zero-order valence-corrected chi connectivity index (χ0v) is 16.1. The van der Waals surface area contributed by atoms with Gasteiger partial charge in [-0.2, -0.15) is 0 Å². The molecule has 0 unspecified atom stereocenters. The van der Waals surface area contributed by atoms with Gasteiger partial charge >= 0.3 is 0 Å². The van der Waals surface area contributed by atoms with Crippen LogP contribution in [0, 0.1) is 12.7 Å². The summed E-state index contributed by atoms with van der Waals surface area (Å²) >= 11 is 1.73. The molecule has 1 aromatic carbocycles. The molecule has 138 valence electrons. The molecule has 0 spiro atoms. The third-order valence-corrected chi connectivity index (χ3v) is 5.28. The predicted octanol–water partition coefficient (Wildman–Crippen LogP) is 4.54. The van der Waals surface area contributed by atoms with E-state index in [1.165, 1.54) is 10.9 Å². The van der Waals surface area contributed by atoms with Crippen molar-refractivity contribution < 1.29 is 4.39 Å². The van der Waals surface area contributed by atoms with Crippen LogP contribution in [-0.4, -0.2) is 15.7 Å². The van der Waals surface area contributed by atoms with Gasteiger partial charge in [0.15, 0.2) is 5.82 Å². The summed E-state index contributed by atoms with van der Waals surface area (Å²) < 4.78 is 14.0. The van der Waals surface area contributed by atoms with Crippen molar-refractivity contribution in [3.8, 4) is 0 Å². The van der Waals surface area contributed by atoms with Gasteiger partial charge in [-0.3, -0.25) is 4.99 Å². The Balaban J connectivity index is 2.02. The first-order chi connectivity index (χ1) is 13.1. The van der Waals surface area contributed by atoms with Gasteiger partial charge in [0.05, 0.1) is 18.0 Å². The lowest BCUT2D eigenvalue weighted by atomic mass is 10.1. The minimum absolute atomic E-state index is 0.234. The van der Waals surface area contributed by atoms with E-state index < -0.39 is 0 Å². The summed E-state index contributed by atoms with van der Waals surface area (Å²) in [6.45, 7) is 4.41. The van der Waals surface area contributed by atoms with Gasteiger partial charge in [0, 0.05) is 33.3 Å². The highest BCUT2D eigenvalue weighted by Crippen LogP contribution is 2.24. The average molecular weight is 380 g/mol. The fourth-order valence-electron chi connectivity index (χ4n) is 2.64. The van der Waals surface area contributed by atoms with Gasteiger partial charge in [-0.1, -0.05) is 25.1 Å². The SMILES string of the molecule is CCc1cc(C(C=C(N)c2ncccn2)=NCc2ccccc2F)c(C)s1. The number of thiophene rings is 1. The highest BCUT2D eigenvalue weighted by molar-refractivity contribution is 7.12. The number of rotatable bonds is 6. The van der Waals surface area contributed by atoms with Crippen molar-refractivity contribution in [1.29, 1.82) is 0 Å². The van der Waals surface area contributed by atoms with Crippen LogP contribution in [0.1, 0.15) is 33.6 Å². The molecule has 0 bridgehead atoms. The Hall–Kier alpha value is -2.86. The quantitative estimate of drug-likeness (QED) is 0.639. The number of nitrogens with zero attached hydrogens (tertiary/aromatic N) is 3. The molecule has 2 aromatic heterocycles. The van der Waals surface area contributed by atoms with E-state index in [1.807, 2.05) is 0 Å². The number of benzene rings is 1. The molecule has 0 atom stereocenters. The van der Waals surface area contributed by atoms with Gasteiger partial charge < -0.3 is 5.73 Å². The van der Waals surface area contributed by atoms with Gasteiger partial charge in [-0.25, -0.2) is 14.4 Å². The second kappa shape index (κ2) is 8.68.